The van der Waals surface area contributed by atoms with Crippen molar-refractivity contribution in [3.8, 4) is 0 Å². The van der Waals surface area contributed by atoms with E-state index < -0.39 is 10.0 Å². The first-order valence-corrected chi connectivity index (χ1v) is 14.3. The lowest BCUT2D eigenvalue weighted by Crippen LogP contribution is -2.38. The third kappa shape index (κ3) is 6.75. The maximum Gasteiger partial charge on any atom is 0.244 e. The van der Waals surface area contributed by atoms with Crippen molar-refractivity contribution in [1.82, 2.24) is 9.62 Å². The number of hydrogen-bond acceptors (Lipinski definition) is 3. The Balaban J connectivity index is 1.39. The molecule has 0 unspecified atom stereocenters. The van der Waals surface area contributed by atoms with E-state index in [0.29, 0.717) is 13.1 Å². The van der Waals surface area contributed by atoms with Crippen LogP contribution in [-0.2, 0) is 27.9 Å². The van der Waals surface area contributed by atoms with Gasteiger partial charge in [-0.2, -0.15) is 4.31 Å². The zero-order valence-electron chi connectivity index (χ0n) is 20.6. The van der Waals surface area contributed by atoms with Crippen molar-refractivity contribution in [1.29, 1.82) is 0 Å². The van der Waals surface area contributed by atoms with Crippen LogP contribution in [0.5, 0.6) is 0 Å². The van der Waals surface area contributed by atoms with Gasteiger partial charge >= 0.3 is 0 Å². The van der Waals surface area contributed by atoms with Crippen LogP contribution in [0.1, 0.15) is 42.4 Å². The van der Waals surface area contributed by atoms with Gasteiger partial charge in [0.05, 0.1) is 5.02 Å². The molecular formula is C29H33ClN2O3S. The average molecular weight is 525 g/mol. The molecule has 1 N–H and O–H groups in total. The van der Waals surface area contributed by atoms with Crippen LogP contribution in [0.3, 0.4) is 0 Å². The molecule has 0 atom stereocenters. The predicted molar refractivity (Wildman–Crippen MR) is 144 cm³/mol. The maximum atomic E-state index is 13.6. The number of benzene rings is 3. The fraction of sp³-hybridized carbons (Fsp3) is 0.345. The van der Waals surface area contributed by atoms with Crippen LogP contribution >= 0.6 is 11.6 Å². The van der Waals surface area contributed by atoms with Gasteiger partial charge in [0.1, 0.15) is 4.90 Å². The summed E-state index contributed by atoms with van der Waals surface area (Å²) < 4.78 is 28.8. The number of carbonyl (C=O) groups is 1. The van der Waals surface area contributed by atoms with E-state index in [-0.39, 0.29) is 34.2 Å². The van der Waals surface area contributed by atoms with Crippen molar-refractivity contribution < 1.29 is 13.2 Å². The standard InChI is InChI=1S/C29H33ClN2O3S/c1-22-11-13-23(14-12-22)19-31-29(33)26-17-15-25(16-18-26)21-32(20-24-7-3-2-4-8-24)36(34,35)28-10-6-5-9-27(28)30/h2-14,25-26H,15-21H2,1H3,(H,31,33). The molecule has 0 bridgehead atoms. The molecule has 0 aliphatic heterocycles. The molecule has 1 fully saturated rings. The van der Waals surface area contributed by atoms with Gasteiger partial charge in [0, 0.05) is 25.6 Å². The number of aryl methyl sites for hydroxylation is 1. The molecule has 1 aliphatic rings. The number of amides is 1. The van der Waals surface area contributed by atoms with Gasteiger partial charge in [0.2, 0.25) is 15.9 Å². The Labute approximate surface area is 219 Å². The summed E-state index contributed by atoms with van der Waals surface area (Å²) in [6, 6.07) is 24.4. The molecule has 0 spiro atoms. The monoisotopic (exact) mass is 524 g/mol. The maximum absolute atomic E-state index is 13.6. The van der Waals surface area contributed by atoms with E-state index in [9.17, 15) is 13.2 Å². The zero-order valence-corrected chi connectivity index (χ0v) is 22.1. The highest BCUT2D eigenvalue weighted by Gasteiger charge is 2.32. The second-order valence-electron chi connectivity index (χ2n) is 9.63. The van der Waals surface area contributed by atoms with Gasteiger partial charge in [-0.25, -0.2) is 8.42 Å². The highest BCUT2D eigenvalue weighted by Crippen LogP contribution is 2.32. The van der Waals surface area contributed by atoms with Crippen molar-refractivity contribution in [2.24, 2.45) is 11.8 Å². The largest absolute Gasteiger partial charge is 0.352 e. The minimum Gasteiger partial charge on any atom is -0.352 e. The Kier molecular flexibility index (Phi) is 8.83. The number of rotatable bonds is 9. The van der Waals surface area contributed by atoms with Crippen LogP contribution in [0.4, 0.5) is 0 Å². The van der Waals surface area contributed by atoms with Gasteiger partial charge in [0.25, 0.3) is 0 Å². The van der Waals surface area contributed by atoms with E-state index in [2.05, 4.69) is 5.32 Å². The summed E-state index contributed by atoms with van der Waals surface area (Å²) in [5, 5.41) is 3.29. The molecule has 7 heteroatoms. The van der Waals surface area contributed by atoms with E-state index in [1.165, 1.54) is 5.56 Å². The Morgan fingerprint density at radius 3 is 2.19 bits per heavy atom. The normalized spacial score (nSPS) is 18.2. The summed E-state index contributed by atoms with van der Waals surface area (Å²) in [7, 11) is -3.78. The van der Waals surface area contributed by atoms with Crippen LogP contribution < -0.4 is 5.32 Å². The van der Waals surface area contributed by atoms with Crippen molar-refractivity contribution in [2.45, 2.75) is 50.6 Å². The summed E-state index contributed by atoms with van der Waals surface area (Å²) in [5.74, 6) is 0.237. The van der Waals surface area contributed by atoms with Gasteiger partial charge < -0.3 is 5.32 Å². The molecule has 1 aliphatic carbocycles. The van der Waals surface area contributed by atoms with Crippen LogP contribution in [-0.4, -0.2) is 25.2 Å². The molecule has 0 aromatic heterocycles. The van der Waals surface area contributed by atoms with E-state index >= 15 is 0 Å². The average Bonchev–Trinajstić information content (AvgIpc) is 2.89. The van der Waals surface area contributed by atoms with Gasteiger partial charge in [0.15, 0.2) is 0 Å². The Morgan fingerprint density at radius 2 is 1.53 bits per heavy atom. The zero-order chi connectivity index (χ0) is 25.5. The predicted octanol–water partition coefficient (Wildman–Crippen LogP) is 5.96. The molecule has 4 rings (SSSR count). The summed E-state index contributed by atoms with van der Waals surface area (Å²) in [6.07, 6.45) is 3.14. The smallest absolute Gasteiger partial charge is 0.244 e. The fourth-order valence-corrected chi connectivity index (χ4v) is 6.76. The van der Waals surface area contributed by atoms with Crippen molar-refractivity contribution in [3.05, 3.63) is 101 Å². The van der Waals surface area contributed by atoms with Gasteiger partial charge in [-0.05, 0) is 61.8 Å². The lowest BCUT2D eigenvalue weighted by Gasteiger charge is -2.32. The third-order valence-electron chi connectivity index (χ3n) is 6.92. The highest BCUT2D eigenvalue weighted by atomic mass is 35.5. The summed E-state index contributed by atoms with van der Waals surface area (Å²) >= 11 is 6.28. The first kappa shape index (κ1) is 26.4. The minimum atomic E-state index is -3.78. The minimum absolute atomic E-state index is 0.0329. The van der Waals surface area contributed by atoms with Gasteiger partial charge in [-0.3, -0.25) is 4.79 Å². The first-order valence-electron chi connectivity index (χ1n) is 12.4. The molecule has 5 nitrogen and oxygen atoms in total. The molecule has 36 heavy (non-hydrogen) atoms. The van der Waals surface area contributed by atoms with E-state index in [1.807, 2.05) is 61.5 Å². The summed E-state index contributed by atoms with van der Waals surface area (Å²) in [4.78, 5) is 12.9. The number of carbonyl (C=O) groups excluding carboxylic acids is 1. The topological polar surface area (TPSA) is 66.5 Å². The summed E-state index contributed by atoms with van der Waals surface area (Å²) in [5.41, 5.74) is 3.21. The van der Waals surface area contributed by atoms with E-state index in [1.54, 1.807) is 28.6 Å². The molecule has 0 saturated heterocycles. The molecule has 1 amide bonds. The van der Waals surface area contributed by atoms with Crippen LogP contribution in [0.25, 0.3) is 0 Å². The lowest BCUT2D eigenvalue weighted by atomic mass is 9.81. The van der Waals surface area contributed by atoms with Gasteiger partial charge in [-0.1, -0.05) is 83.9 Å². The summed E-state index contributed by atoms with van der Waals surface area (Å²) in [6.45, 7) is 3.26. The molecule has 0 radical (unpaired) electrons. The SMILES string of the molecule is Cc1ccc(CNC(=O)C2CCC(CN(Cc3ccccc3)S(=O)(=O)c3ccccc3Cl)CC2)cc1. The molecular weight excluding hydrogens is 492 g/mol. The number of halogens is 1. The quantitative estimate of drug-likeness (QED) is 0.375. The fourth-order valence-electron chi connectivity index (χ4n) is 4.76. The highest BCUT2D eigenvalue weighted by molar-refractivity contribution is 7.89. The number of nitrogens with one attached hydrogen (secondary N) is 1. The van der Waals surface area contributed by atoms with Crippen LogP contribution in [0.15, 0.2) is 83.8 Å². The van der Waals surface area contributed by atoms with Crippen molar-refractivity contribution in [2.75, 3.05) is 6.54 Å². The first-order chi connectivity index (χ1) is 17.3. The van der Waals surface area contributed by atoms with E-state index in [0.717, 1.165) is 36.8 Å². The number of hydrogen-bond donors (Lipinski definition) is 1. The third-order valence-corrected chi connectivity index (χ3v) is 9.23. The molecule has 0 heterocycles. The van der Waals surface area contributed by atoms with Crippen LogP contribution in [0, 0.1) is 18.8 Å². The second kappa shape index (κ2) is 12.0. The van der Waals surface area contributed by atoms with Crippen molar-refractivity contribution in [3.63, 3.8) is 0 Å². The lowest BCUT2D eigenvalue weighted by molar-refractivity contribution is -0.126. The Morgan fingerprint density at radius 1 is 0.889 bits per heavy atom. The number of sulfonamides is 1. The second-order valence-corrected chi connectivity index (χ2v) is 11.9. The van der Waals surface area contributed by atoms with Crippen molar-refractivity contribution >= 4 is 27.5 Å². The van der Waals surface area contributed by atoms with E-state index in [4.69, 9.17) is 11.6 Å². The van der Waals surface area contributed by atoms with Crippen LogP contribution in [0.2, 0.25) is 5.02 Å². The molecule has 3 aromatic carbocycles. The van der Waals surface area contributed by atoms with Gasteiger partial charge in [-0.15, -0.1) is 0 Å². The Hall–Kier alpha value is -2.67. The Bertz CT molecular complexity index is 1260. The number of nitrogens with zero attached hydrogens (tertiary/aromatic N) is 1. The molecule has 3 aromatic rings. The molecule has 1 saturated carbocycles. The molecule has 190 valence electrons.